The van der Waals surface area contributed by atoms with Gasteiger partial charge in [0.05, 0.1) is 13.9 Å². The molecule has 2 amide bonds. The Bertz CT molecular complexity index is 768. The second kappa shape index (κ2) is 7.95. The molecule has 1 aromatic carbocycles. The van der Waals surface area contributed by atoms with Crippen molar-refractivity contribution < 1.29 is 24.2 Å². The van der Waals surface area contributed by atoms with Crippen molar-refractivity contribution in [2.24, 2.45) is 4.99 Å². The number of amides is 2. The van der Waals surface area contributed by atoms with Gasteiger partial charge in [-0.3, -0.25) is 9.59 Å². The number of carbonyl (C=O) groups excluding carboxylic acids is 2. The lowest BCUT2D eigenvalue weighted by atomic mass is 10.2. The van der Waals surface area contributed by atoms with Crippen LogP contribution in [0.2, 0.25) is 0 Å². The molecule has 0 aromatic heterocycles. The zero-order chi connectivity index (χ0) is 17.9. The standard InChI is InChI=1S/C14H10Br2N2O5S/c1-6(19)17-14-18-13(22)10(24-14)4-7-2-8(15)12(9(16)3-7)23-5-11(20)21/h2-4H,5H2,1H3,(H,20,21)(H,17,18,19,22). The molecule has 0 unspecified atom stereocenters. The van der Waals surface area contributed by atoms with E-state index in [1.807, 2.05) is 0 Å². The molecule has 2 rings (SSSR count). The number of amidine groups is 1. The Morgan fingerprint density at radius 2 is 2.00 bits per heavy atom. The number of rotatable bonds is 4. The van der Waals surface area contributed by atoms with E-state index in [9.17, 15) is 14.4 Å². The molecule has 0 bridgehead atoms. The normalized spacial score (nSPS) is 15.4. The van der Waals surface area contributed by atoms with Crippen molar-refractivity contribution in [2.75, 3.05) is 6.61 Å². The molecule has 1 aromatic rings. The number of carboxylic acids is 1. The molecular formula is C14H10Br2N2O5S. The predicted octanol–water partition coefficient (Wildman–Crippen LogP) is 2.78. The van der Waals surface area contributed by atoms with Crippen molar-refractivity contribution in [3.8, 4) is 5.75 Å². The van der Waals surface area contributed by atoms with E-state index in [2.05, 4.69) is 42.2 Å². The SMILES string of the molecule is CC(=O)NC1=NC(=O)C(=Cc2cc(Br)c(OCC(=O)O)c(Br)c2)S1. The van der Waals surface area contributed by atoms with Crippen molar-refractivity contribution >= 4 is 72.6 Å². The smallest absolute Gasteiger partial charge is 0.341 e. The second-order valence-corrected chi connectivity index (χ2v) is 7.25. The first-order chi connectivity index (χ1) is 11.3. The van der Waals surface area contributed by atoms with E-state index < -0.39 is 18.5 Å². The van der Waals surface area contributed by atoms with Crippen LogP contribution in [0.4, 0.5) is 0 Å². The number of carbonyl (C=O) groups is 3. The third kappa shape index (κ3) is 4.92. The molecule has 0 spiro atoms. The molecule has 0 aliphatic carbocycles. The number of hydrogen-bond donors (Lipinski definition) is 2. The van der Waals surface area contributed by atoms with Crippen LogP contribution in [0.25, 0.3) is 6.08 Å². The Balaban J connectivity index is 2.21. The number of hydrogen-bond acceptors (Lipinski definition) is 5. The molecule has 0 atom stereocenters. The molecular weight excluding hydrogens is 468 g/mol. The monoisotopic (exact) mass is 476 g/mol. The highest BCUT2D eigenvalue weighted by Crippen LogP contribution is 2.36. The molecule has 1 heterocycles. The van der Waals surface area contributed by atoms with Crippen molar-refractivity contribution in [3.63, 3.8) is 0 Å². The minimum Gasteiger partial charge on any atom is -0.480 e. The van der Waals surface area contributed by atoms with Crippen molar-refractivity contribution in [3.05, 3.63) is 31.5 Å². The van der Waals surface area contributed by atoms with Crippen LogP contribution in [0.1, 0.15) is 12.5 Å². The molecule has 1 aliphatic rings. The van der Waals surface area contributed by atoms with Gasteiger partial charge in [-0.15, -0.1) is 0 Å². The van der Waals surface area contributed by atoms with Crippen LogP contribution >= 0.6 is 43.6 Å². The molecule has 0 radical (unpaired) electrons. The molecule has 2 N–H and O–H groups in total. The van der Waals surface area contributed by atoms with Crippen LogP contribution in [0.5, 0.6) is 5.75 Å². The summed E-state index contributed by atoms with van der Waals surface area (Å²) in [7, 11) is 0. The topological polar surface area (TPSA) is 105 Å². The highest BCUT2D eigenvalue weighted by molar-refractivity contribution is 9.11. The van der Waals surface area contributed by atoms with Crippen LogP contribution < -0.4 is 10.1 Å². The fourth-order valence-corrected chi connectivity index (χ4v) is 4.01. The molecule has 0 saturated carbocycles. The summed E-state index contributed by atoms with van der Waals surface area (Å²) in [5.41, 5.74) is 0.673. The van der Waals surface area contributed by atoms with E-state index in [4.69, 9.17) is 9.84 Å². The number of aliphatic carboxylic acids is 1. The number of thioether (sulfide) groups is 1. The van der Waals surface area contributed by atoms with Gasteiger partial charge < -0.3 is 15.2 Å². The number of benzene rings is 1. The van der Waals surface area contributed by atoms with E-state index in [-0.39, 0.29) is 11.1 Å². The highest BCUT2D eigenvalue weighted by atomic mass is 79.9. The third-order valence-electron chi connectivity index (χ3n) is 2.56. The van der Waals surface area contributed by atoms with Gasteiger partial charge in [-0.25, -0.2) is 4.79 Å². The Labute approximate surface area is 157 Å². The number of aliphatic imine (C=N–C) groups is 1. The van der Waals surface area contributed by atoms with Crippen LogP contribution in [0, 0.1) is 0 Å². The van der Waals surface area contributed by atoms with E-state index in [1.165, 1.54) is 6.92 Å². The molecule has 10 heteroatoms. The zero-order valence-electron chi connectivity index (χ0n) is 12.1. The first-order valence-electron chi connectivity index (χ1n) is 6.40. The Hall–Kier alpha value is -1.65. The van der Waals surface area contributed by atoms with Crippen LogP contribution in [0.15, 0.2) is 31.0 Å². The fourth-order valence-electron chi connectivity index (χ4n) is 1.70. The zero-order valence-corrected chi connectivity index (χ0v) is 16.1. The summed E-state index contributed by atoms with van der Waals surface area (Å²) in [5, 5.41) is 11.4. The Morgan fingerprint density at radius 1 is 1.38 bits per heavy atom. The van der Waals surface area contributed by atoms with E-state index in [0.29, 0.717) is 25.2 Å². The van der Waals surface area contributed by atoms with Gasteiger partial charge >= 0.3 is 5.97 Å². The van der Waals surface area contributed by atoms with Crippen molar-refractivity contribution in [2.45, 2.75) is 6.92 Å². The lowest BCUT2D eigenvalue weighted by Gasteiger charge is -2.09. The van der Waals surface area contributed by atoms with Crippen LogP contribution in [-0.2, 0) is 14.4 Å². The van der Waals surface area contributed by atoms with Gasteiger partial charge in [-0.2, -0.15) is 4.99 Å². The van der Waals surface area contributed by atoms with Crippen LogP contribution in [-0.4, -0.2) is 34.7 Å². The van der Waals surface area contributed by atoms with Gasteiger partial charge in [0.25, 0.3) is 5.91 Å². The summed E-state index contributed by atoms with van der Waals surface area (Å²) < 4.78 is 6.24. The summed E-state index contributed by atoms with van der Waals surface area (Å²) in [5.74, 6) is -1.49. The maximum Gasteiger partial charge on any atom is 0.341 e. The Kier molecular flexibility index (Phi) is 6.19. The lowest BCUT2D eigenvalue weighted by Crippen LogP contribution is -2.23. The van der Waals surface area contributed by atoms with E-state index >= 15 is 0 Å². The summed E-state index contributed by atoms with van der Waals surface area (Å²) >= 11 is 7.67. The molecule has 126 valence electrons. The van der Waals surface area contributed by atoms with Gasteiger partial charge in [-0.1, -0.05) is 0 Å². The summed E-state index contributed by atoms with van der Waals surface area (Å²) in [6.07, 6.45) is 1.61. The third-order valence-corrected chi connectivity index (χ3v) is 4.64. The number of ether oxygens (including phenoxy) is 1. The maximum atomic E-state index is 11.8. The van der Waals surface area contributed by atoms with Gasteiger partial charge in [0.1, 0.15) is 5.75 Å². The lowest BCUT2D eigenvalue weighted by molar-refractivity contribution is -0.139. The minimum atomic E-state index is -1.09. The number of halogens is 2. The van der Waals surface area contributed by atoms with E-state index in [0.717, 1.165) is 11.8 Å². The predicted molar refractivity (Wildman–Crippen MR) is 96.8 cm³/mol. The largest absolute Gasteiger partial charge is 0.480 e. The van der Waals surface area contributed by atoms with Gasteiger partial charge in [0.2, 0.25) is 5.91 Å². The fraction of sp³-hybridized carbons (Fsp3) is 0.143. The maximum absolute atomic E-state index is 11.8. The van der Waals surface area contributed by atoms with Gasteiger partial charge in [-0.05, 0) is 67.4 Å². The first-order valence-corrected chi connectivity index (χ1v) is 8.80. The Morgan fingerprint density at radius 3 is 2.54 bits per heavy atom. The van der Waals surface area contributed by atoms with Crippen molar-refractivity contribution in [1.29, 1.82) is 0 Å². The second-order valence-electron chi connectivity index (χ2n) is 4.51. The van der Waals surface area contributed by atoms with Crippen molar-refractivity contribution in [1.82, 2.24) is 5.32 Å². The summed E-state index contributed by atoms with van der Waals surface area (Å²) in [4.78, 5) is 37.5. The first kappa shape index (κ1) is 18.7. The summed E-state index contributed by atoms with van der Waals surface area (Å²) in [6, 6.07) is 3.36. The molecule has 0 fully saturated rings. The molecule has 7 nitrogen and oxygen atoms in total. The van der Waals surface area contributed by atoms with Gasteiger partial charge in [0, 0.05) is 6.92 Å². The number of carboxylic acid groups (broad SMARTS) is 1. The average molecular weight is 478 g/mol. The summed E-state index contributed by atoms with van der Waals surface area (Å²) in [6.45, 7) is 0.860. The minimum absolute atomic E-state index is 0.235. The van der Waals surface area contributed by atoms with E-state index in [1.54, 1.807) is 18.2 Å². The average Bonchev–Trinajstić information content (AvgIpc) is 2.76. The van der Waals surface area contributed by atoms with Gasteiger partial charge in [0.15, 0.2) is 11.8 Å². The molecule has 1 aliphatic heterocycles. The molecule has 0 saturated heterocycles. The number of nitrogens with one attached hydrogen (secondary N) is 1. The molecule has 24 heavy (non-hydrogen) atoms. The quantitative estimate of drug-likeness (QED) is 0.646. The highest BCUT2D eigenvalue weighted by Gasteiger charge is 2.22. The van der Waals surface area contributed by atoms with Crippen LogP contribution in [0.3, 0.4) is 0 Å². The number of nitrogens with zero attached hydrogens (tertiary/aromatic N) is 1.